The number of carbonyl (C=O) groups excluding carboxylic acids is 3. The van der Waals surface area contributed by atoms with Gasteiger partial charge in [0.25, 0.3) is 0 Å². The molecule has 0 amide bonds. The lowest BCUT2D eigenvalue weighted by atomic mass is 10.0. The van der Waals surface area contributed by atoms with E-state index in [1.807, 2.05) is 0 Å². The van der Waals surface area contributed by atoms with Gasteiger partial charge in [0.15, 0.2) is 6.10 Å². The minimum Gasteiger partial charge on any atom is -0.462 e. The molecular weight excluding hydrogens is 709 g/mol. The van der Waals surface area contributed by atoms with Crippen molar-refractivity contribution in [3.8, 4) is 0 Å². The van der Waals surface area contributed by atoms with Gasteiger partial charge in [0, 0.05) is 19.3 Å². The predicted molar refractivity (Wildman–Crippen MR) is 243 cm³/mol. The highest BCUT2D eigenvalue weighted by atomic mass is 16.6. The van der Waals surface area contributed by atoms with Crippen molar-refractivity contribution in [1.29, 1.82) is 0 Å². The van der Waals surface area contributed by atoms with Gasteiger partial charge in [-0.3, -0.25) is 14.4 Å². The van der Waals surface area contributed by atoms with Gasteiger partial charge >= 0.3 is 17.9 Å². The van der Waals surface area contributed by atoms with Crippen LogP contribution in [0.4, 0.5) is 0 Å². The summed E-state index contributed by atoms with van der Waals surface area (Å²) >= 11 is 0. The molecule has 0 saturated heterocycles. The average molecular weight is 807 g/mol. The molecule has 0 aliphatic heterocycles. The van der Waals surface area contributed by atoms with E-state index in [0.29, 0.717) is 19.3 Å². The molecule has 0 aliphatic carbocycles. The van der Waals surface area contributed by atoms with Gasteiger partial charge in [-0.25, -0.2) is 0 Å². The lowest BCUT2D eigenvalue weighted by Crippen LogP contribution is -2.30. The summed E-state index contributed by atoms with van der Waals surface area (Å²) in [4.78, 5) is 37.8. The number of carbonyl (C=O) groups is 3. The Morgan fingerprint density at radius 1 is 0.298 bits per heavy atom. The first kappa shape index (κ1) is 55.4. The molecule has 0 aromatic heterocycles. The molecule has 6 heteroatoms. The monoisotopic (exact) mass is 807 g/mol. The molecule has 0 aromatic carbocycles. The molecular formula is C51H98O6. The molecule has 0 heterocycles. The Balaban J connectivity index is 4.28. The van der Waals surface area contributed by atoms with Crippen LogP contribution in [0.25, 0.3) is 0 Å². The summed E-state index contributed by atoms with van der Waals surface area (Å²) in [5, 5.41) is 0. The molecule has 0 bridgehead atoms. The molecule has 0 rings (SSSR count). The summed E-state index contributed by atoms with van der Waals surface area (Å²) < 4.78 is 16.8. The van der Waals surface area contributed by atoms with Crippen LogP contribution in [-0.4, -0.2) is 37.2 Å². The SMILES string of the molecule is CC(C)CCCCCCCCCCCCCCCCC(=O)OC[C@@H](COC(=O)CCCCCCCCCCC(C)C)OC(=O)CCCCCCCCCCC(C)C. The van der Waals surface area contributed by atoms with Gasteiger partial charge in [-0.15, -0.1) is 0 Å². The summed E-state index contributed by atoms with van der Waals surface area (Å²) in [5.74, 6) is 1.58. The second-order valence-electron chi connectivity index (χ2n) is 18.9. The fraction of sp³-hybridized carbons (Fsp3) is 0.941. The second kappa shape index (κ2) is 42.5. The third-order valence-electron chi connectivity index (χ3n) is 11.4. The minimum atomic E-state index is -0.762. The molecule has 57 heavy (non-hydrogen) atoms. The molecule has 0 fully saturated rings. The number of hydrogen-bond donors (Lipinski definition) is 0. The van der Waals surface area contributed by atoms with Gasteiger partial charge in [-0.1, -0.05) is 234 Å². The van der Waals surface area contributed by atoms with Crippen molar-refractivity contribution in [2.24, 2.45) is 17.8 Å². The van der Waals surface area contributed by atoms with Crippen LogP contribution < -0.4 is 0 Å². The summed E-state index contributed by atoms with van der Waals surface area (Å²) in [5.41, 5.74) is 0. The normalized spacial score (nSPS) is 12.2. The Morgan fingerprint density at radius 3 is 0.754 bits per heavy atom. The molecule has 0 spiro atoms. The van der Waals surface area contributed by atoms with E-state index in [1.54, 1.807) is 0 Å². The fourth-order valence-electron chi connectivity index (χ4n) is 7.59. The van der Waals surface area contributed by atoms with E-state index < -0.39 is 6.10 Å². The summed E-state index contributed by atoms with van der Waals surface area (Å²) in [6.45, 7) is 13.7. The van der Waals surface area contributed by atoms with Crippen LogP contribution in [-0.2, 0) is 28.6 Å². The van der Waals surface area contributed by atoms with Crippen molar-refractivity contribution in [3.63, 3.8) is 0 Å². The third-order valence-corrected chi connectivity index (χ3v) is 11.4. The van der Waals surface area contributed by atoms with Gasteiger partial charge < -0.3 is 14.2 Å². The fourth-order valence-corrected chi connectivity index (χ4v) is 7.59. The number of esters is 3. The molecule has 0 aromatic rings. The van der Waals surface area contributed by atoms with Crippen molar-refractivity contribution in [1.82, 2.24) is 0 Å². The highest BCUT2D eigenvalue weighted by Crippen LogP contribution is 2.17. The highest BCUT2D eigenvalue weighted by molar-refractivity contribution is 5.71. The molecule has 0 aliphatic rings. The van der Waals surface area contributed by atoms with E-state index >= 15 is 0 Å². The molecule has 6 nitrogen and oxygen atoms in total. The third kappa shape index (κ3) is 45.3. The topological polar surface area (TPSA) is 78.9 Å². The smallest absolute Gasteiger partial charge is 0.306 e. The van der Waals surface area contributed by atoms with Crippen LogP contribution >= 0.6 is 0 Å². The van der Waals surface area contributed by atoms with Crippen LogP contribution in [0.15, 0.2) is 0 Å². The van der Waals surface area contributed by atoms with E-state index in [2.05, 4.69) is 41.5 Å². The maximum absolute atomic E-state index is 12.7. The molecule has 0 radical (unpaired) electrons. The van der Waals surface area contributed by atoms with E-state index in [-0.39, 0.29) is 31.1 Å². The number of rotatable bonds is 44. The Bertz CT molecular complexity index is 883. The summed E-state index contributed by atoms with van der Waals surface area (Å²) in [6.07, 6.45) is 41.0. The molecule has 1 atom stereocenters. The van der Waals surface area contributed by atoms with Crippen molar-refractivity contribution >= 4 is 17.9 Å². The Hall–Kier alpha value is -1.59. The zero-order valence-electron chi connectivity index (χ0n) is 39.1. The summed E-state index contributed by atoms with van der Waals surface area (Å²) in [7, 11) is 0. The number of hydrogen-bond acceptors (Lipinski definition) is 6. The maximum atomic E-state index is 12.7. The first-order valence-electron chi connectivity index (χ1n) is 25.1. The standard InChI is InChI=1S/C51H98O6/c1-45(2)37-31-25-19-13-11-9-7-8-10-12-14-22-28-34-40-49(52)55-43-48(57-51(54)42-36-30-24-18-16-21-27-33-39-47(5)6)44-56-50(53)41-35-29-23-17-15-20-26-32-38-46(3)4/h45-48H,7-44H2,1-6H3/t48-/m0/s1. The van der Waals surface area contributed by atoms with Gasteiger partial charge in [0.1, 0.15) is 13.2 Å². The number of unbranched alkanes of at least 4 members (excludes halogenated alkanes) is 27. The Labute approximate surface area is 355 Å². The van der Waals surface area contributed by atoms with Crippen molar-refractivity contribution in [2.45, 2.75) is 279 Å². The average Bonchev–Trinajstić information content (AvgIpc) is 3.16. The zero-order chi connectivity index (χ0) is 42.0. The van der Waals surface area contributed by atoms with E-state index in [1.165, 1.54) is 154 Å². The van der Waals surface area contributed by atoms with Gasteiger partial charge in [-0.2, -0.15) is 0 Å². The van der Waals surface area contributed by atoms with Crippen LogP contribution in [0.5, 0.6) is 0 Å². The van der Waals surface area contributed by atoms with Crippen molar-refractivity contribution < 1.29 is 28.6 Å². The maximum Gasteiger partial charge on any atom is 0.306 e. The van der Waals surface area contributed by atoms with Gasteiger partial charge in [0.2, 0.25) is 0 Å². The first-order chi connectivity index (χ1) is 27.6. The van der Waals surface area contributed by atoms with Crippen LogP contribution in [0.3, 0.4) is 0 Å². The van der Waals surface area contributed by atoms with Gasteiger partial charge in [0.05, 0.1) is 0 Å². The van der Waals surface area contributed by atoms with E-state index in [9.17, 15) is 14.4 Å². The minimum absolute atomic E-state index is 0.0655. The molecule has 0 N–H and O–H groups in total. The first-order valence-corrected chi connectivity index (χ1v) is 25.1. The molecule has 0 saturated carbocycles. The largest absolute Gasteiger partial charge is 0.462 e. The second-order valence-corrected chi connectivity index (χ2v) is 18.9. The van der Waals surface area contributed by atoms with Gasteiger partial charge in [-0.05, 0) is 37.0 Å². The number of ether oxygens (including phenoxy) is 3. The lowest BCUT2D eigenvalue weighted by Gasteiger charge is -2.18. The zero-order valence-corrected chi connectivity index (χ0v) is 39.1. The van der Waals surface area contributed by atoms with Crippen molar-refractivity contribution in [2.75, 3.05) is 13.2 Å². The van der Waals surface area contributed by atoms with E-state index in [4.69, 9.17) is 14.2 Å². The van der Waals surface area contributed by atoms with Crippen LogP contribution in [0.1, 0.15) is 273 Å². The summed E-state index contributed by atoms with van der Waals surface area (Å²) in [6, 6.07) is 0. The predicted octanol–water partition coefficient (Wildman–Crippen LogP) is 16.0. The molecule has 0 unspecified atom stereocenters. The quantitative estimate of drug-likeness (QED) is 0.0347. The van der Waals surface area contributed by atoms with Crippen molar-refractivity contribution in [3.05, 3.63) is 0 Å². The molecule has 338 valence electrons. The van der Waals surface area contributed by atoms with Crippen LogP contribution in [0, 0.1) is 17.8 Å². The van der Waals surface area contributed by atoms with Crippen LogP contribution in [0.2, 0.25) is 0 Å². The van der Waals surface area contributed by atoms with E-state index in [0.717, 1.165) is 75.5 Å². The highest BCUT2D eigenvalue weighted by Gasteiger charge is 2.19. The lowest BCUT2D eigenvalue weighted by molar-refractivity contribution is -0.167. The Kier molecular flexibility index (Phi) is 41.3. The Morgan fingerprint density at radius 2 is 0.509 bits per heavy atom.